The van der Waals surface area contributed by atoms with Gasteiger partial charge < -0.3 is 4.74 Å². The fourth-order valence-corrected chi connectivity index (χ4v) is 3.38. The van der Waals surface area contributed by atoms with Gasteiger partial charge in [-0.2, -0.15) is 5.26 Å². The third-order valence-electron chi connectivity index (χ3n) is 3.88. The Labute approximate surface area is 167 Å². The Kier molecular flexibility index (Phi) is 6.14. The summed E-state index contributed by atoms with van der Waals surface area (Å²) in [6.45, 7) is 4.08. The quantitative estimate of drug-likeness (QED) is 0.631. The van der Waals surface area contributed by atoms with E-state index in [4.69, 9.17) is 10.00 Å². The van der Waals surface area contributed by atoms with Gasteiger partial charge in [0.15, 0.2) is 6.61 Å². The van der Waals surface area contributed by atoms with Crippen LogP contribution in [-0.4, -0.2) is 22.7 Å². The van der Waals surface area contributed by atoms with Crippen molar-refractivity contribution in [3.05, 3.63) is 65.2 Å². The molecule has 1 N–H and O–H groups in total. The number of ether oxygens (including phenoxy) is 1. The van der Waals surface area contributed by atoms with Crippen LogP contribution in [0.15, 0.2) is 48.5 Å². The first kappa shape index (κ1) is 19.3. The van der Waals surface area contributed by atoms with Crippen LogP contribution in [0.1, 0.15) is 16.7 Å². The van der Waals surface area contributed by atoms with Crippen molar-refractivity contribution in [2.45, 2.75) is 13.8 Å². The maximum Gasteiger partial charge on any atom is 0.250 e. The minimum atomic E-state index is -0.284. The van der Waals surface area contributed by atoms with E-state index in [9.17, 15) is 4.79 Å². The van der Waals surface area contributed by atoms with Crippen LogP contribution in [0.2, 0.25) is 0 Å². The van der Waals surface area contributed by atoms with E-state index >= 15 is 0 Å². The maximum absolute atomic E-state index is 12.1. The number of carbonyl (C=O) groups is 1. The first-order chi connectivity index (χ1) is 13.5. The van der Waals surface area contributed by atoms with E-state index < -0.39 is 0 Å². The predicted octanol–water partition coefficient (Wildman–Crippen LogP) is 4.38. The first-order valence-corrected chi connectivity index (χ1v) is 9.37. The number of benzene rings is 2. The van der Waals surface area contributed by atoms with Crippen molar-refractivity contribution in [2.75, 3.05) is 11.9 Å². The van der Waals surface area contributed by atoms with Gasteiger partial charge in [-0.05, 0) is 43.2 Å². The Bertz CT molecular complexity index is 1050. The first-order valence-electron chi connectivity index (χ1n) is 8.55. The molecule has 0 atom stereocenters. The average Bonchev–Trinajstić information content (AvgIpc) is 3.13. The highest BCUT2D eigenvalue weighted by Crippen LogP contribution is 2.29. The lowest BCUT2D eigenvalue weighted by Crippen LogP contribution is -2.07. The lowest BCUT2D eigenvalue weighted by atomic mass is 10.1. The number of amides is 1. The van der Waals surface area contributed by atoms with Gasteiger partial charge in [-0.3, -0.25) is 10.1 Å². The number of nitrogens with one attached hydrogen (secondary N) is 1. The van der Waals surface area contributed by atoms with Crippen LogP contribution in [0, 0.1) is 25.2 Å². The van der Waals surface area contributed by atoms with Gasteiger partial charge in [0, 0.05) is 11.6 Å². The van der Waals surface area contributed by atoms with E-state index in [2.05, 4.69) is 21.6 Å². The van der Waals surface area contributed by atoms with E-state index in [1.807, 2.05) is 32.0 Å². The summed E-state index contributed by atoms with van der Waals surface area (Å²) in [5, 5.41) is 20.7. The number of anilines is 1. The Morgan fingerprint density at radius 3 is 2.71 bits per heavy atom. The SMILES string of the molecule is Cc1ccc(-c2nnc(NC(=O)C=Cc3ccc(OCC#N)cc3)s2)c(C)c1. The summed E-state index contributed by atoms with van der Waals surface area (Å²) in [6, 6.07) is 15.2. The lowest BCUT2D eigenvalue weighted by Gasteiger charge is -2.02. The maximum atomic E-state index is 12.1. The predicted molar refractivity (Wildman–Crippen MR) is 110 cm³/mol. The molecule has 0 saturated carbocycles. The van der Waals surface area contributed by atoms with Crippen LogP contribution in [0.25, 0.3) is 16.6 Å². The number of aryl methyl sites for hydroxylation is 2. The summed E-state index contributed by atoms with van der Waals surface area (Å²) in [6.07, 6.45) is 3.12. The summed E-state index contributed by atoms with van der Waals surface area (Å²) in [4.78, 5) is 12.1. The van der Waals surface area contributed by atoms with Crippen LogP contribution >= 0.6 is 11.3 Å². The van der Waals surface area contributed by atoms with E-state index in [-0.39, 0.29) is 12.5 Å². The molecule has 3 aromatic rings. The van der Waals surface area contributed by atoms with E-state index in [0.29, 0.717) is 10.9 Å². The molecular formula is C21H18N4O2S. The molecule has 7 heteroatoms. The second-order valence-corrected chi connectivity index (χ2v) is 7.05. The molecule has 0 aliphatic heterocycles. The summed E-state index contributed by atoms with van der Waals surface area (Å²) >= 11 is 1.33. The topological polar surface area (TPSA) is 87.9 Å². The van der Waals surface area contributed by atoms with Crippen molar-refractivity contribution < 1.29 is 9.53 Å². The molecule has 0 unspecified atom stereocenters. The summed E-state index contributed by atoms with van der Waals surface area (Å²) in [7, 11) is 0. The Hall–Kier alpha value is -3.50. The van der Waals surface area contributed by atoms with Crippen LogP contribution in [0.3, 0.4) is 0 Å². The highest BCUT2D eigenvalue weighted by atomic mass is 32.1. The normalized spacial score (nSPS) is 10.6. The van der Waals surface area contributed by atoms with E-state index in [0.717, 1.165) is 21.7 Å². The van der Waals surface area contributed by atoms with Gasteiger partial charge in [-0.1, -0.05) is 47.2 Å². The van der Waals surface area contributed by atoms with Crippen molar-refractivity contribution in [1.82, 2.24) is 10.2 Å². The molecule has 28 heavy (non-hydrogen) atoms. The average molecular weight is 390 g/mol. The van der Waals surface area contributed by atoms with Gasteiger partial charge in [-0.25, -0.2) is 0 Å². The van der Waals surface area contributed by atoms with E-state index in [1.165, 1.54) is 23.0 Å². The van der Waals surface area contributed by atoms with E-state index in [1.54, 1.807) is 30.3 Å². The molecule has 1 amide bonds. The summed E-state index contributed by atoms with van der Waals surface area (Å²) < 4.78 is 5.19. The molecular weight excluding hydrogens is 372 g/mol. The fourth-order valence-electron chi connectivity index (χ4n) is 2.55. The molecule has 1 aromatic heterocycles. The number of nitriles is 1. The molecule has 140 valence electrons. The minimum Gasteiger partial charge on any atom is -0.479 e. The second-order valence-electron chi connectivity index (χ2n) is 6.07. The largest absolute Gasteiger partial charge is 0.479 e. The van der Waals surface area contributed by atoms with Crippen LogP contribution in [0.5, 0.6) is 5.75 Å². The second kappa shape index (κ2) is 8.93. The zero-order valence-corrected chi connectivity index (χ0v) is 16.3. The van der Waals surface area contributed by atoms with Crippen molar-refractivity contribution in [3.63, 3.8) is 0 Å². The van der Waals surface area contributed by atoms with Crippen molar-refractivity contribution in [1.29, 1.82) is 5.26 Å². The van der Waals surface area contributed by atoms with Crippen molar-refractivity contribution in [2.24, 2.45) is 0 Å². The van der Waals surface area contributed by atoms with Gasteiger partial charge in [0.25, 0.3) is 0 Å². The number of aromatic nitrogens is 2. The summed E-state index contributed by atoms with van der Waals surface area (Å²) in [5.41, 5.74) is 4.16. The number of hydrogen-bond donors (Lipinski definition) is 1. The molecule has 0 aliphatic rings. The zero-order chi connectivity index (χ0) is 19.9. The van der Waals surface area contributed by atoms with Gasteiger partial charge in [0.1, 0.15) is 16.8 Å². The molecule has 0 radical (unpaired) electrons. The van der Waals surface area contributed by atoms with Crippen LogP contribution in [0.4, 0.5) is 5.13 Å². The highest BCUT2D eigenvalue weighted by molar-refractivity contribution is 7.18. The van der Waals surface area contributed by atoms with Crippen molar-refractivity contribution in [3.8, 4) is 22.4 Å². The third kappa shape index (κ3) is 5.02. The number of nitrogens with zero attached hydrogens (tertiary/aromatic N) is 3. The number of carbonyl (C=O) groups excluding carboxylic acids is 1. The van der Waals surface area contributed by atoms with Gasteiger partial charge >= 0.3 is 0 Å². The molecule has 6 nitrogen and oxygen atoms in total. The lowest BCUT2D eigenvalue weighted by molar-refractivity contribution is -0.111. The number of rotatable bonds is 6. The molecule has 0 aliphatic carbocycles. The van der Waals surface area contributed by atoms with Gasteiger partial charge in [0.05, 0.1) is 0 Å². The monoisotopic (exact) mass is 390 g/mol. The molecule has 3 rings (SSSR count). The molecule has 2 aromatic carbocycles. The smallest absolute Gasteiger partial charge is 0.250 e. The van der Waals surface area contributed by atoms with Gasteiger partial charge in [-0.15, -0.1) is 10.2 Å². The molecule has 0 spiro atoms. The molecule has 0 saturated heterocycles. The van der Waals surface area contributed by atoms with Crippen molar-refractivity contribution >= 4 is 28.5 Å². The third-order valence-corrected chi connectivity index (χ3v) is 4.75. The molecule has 1 heterocycles. The molecule has 0 fully saturated rings. The zero-order valence-electron chi connectivity index (χ0n) is 15.5. The Morgan fingerprint density at radius 2 is 2.00 bits per heavy atom. The molecule has 0 bridgehead atoms. The highest BCUT2D eigenvalue weighted by Gasteiger charge is 2.10. The summed E-state index contributed by atoms with van der Waals surface area (Å²) in [5.74, 6) is 0.323. The van der Waals surface area contributed by atoms with Crippen LogP contribution in [-0.2, 0) is 4.79 Å². The Balaban J connectivity index is 1.61. The van der Waals surface area contributed by atoms with Gasteiger partial charge in [0.2, 0.25) is 11.0 Å². The van der Waals surface area contributed by atoms with Crippen LogP contribution < -0.4 is 10.1 Å². The Morgan fingerprint density at radius 1 is 1.21 bits per heavy atom. The minimum absolute atomic E-state index is 0.00351. The number of hydrogen-bond acceptors (Lipinski definition) is 6. The fraction of sp³-hybridized carbons (Fsp3) is 0.143. The standard InChI is InChI=1S/C21H18N4O2S/c1-14-3-9-18(15(2)13-14)20-24-25-21(28-20)23-19(26)10-6-16-4-7-17(8-5-16)27-12-11-22/h3-10,13H,12H2,1-2H3,(H,23,25,26).